The highest BCUT2D eigenvalue weighted by Crippen LogP contribution is 2.28. The first-order valence-corrected chi connectivity index (χ1v) is 8.19. The SMILES string of the molecule is CCC(CC)NC(=O)COc1ccc(Br)cc1C(C)NC. The lowest BCUT2D eigenvalue weighted by Gasteiger charge is -2.18. The van der Waals surface area contributed by atoms with Crippen LogP contribution in [0.3, 0.4) is 0 Å². The maximum atomic E-state index is 11.9. The third-order valence-corrected chi connectivity index (χ3v) is 4.07. The second kappa shape index (κ2) is 9.05. The molecule has 1 atom stereocenters. The van der Waals surface area contributed by atoms with Crippen LogP contribution in [0.5, 0.6) is 5.75 Å². The van der Waals surface area contributed by atoms with Crippen LogP contribution in [0.25, 0.3) is 0 Å². The Hall–Kier alpha value is -1.07. The monoisotopic (exact) mass is 356 g/mol. The van der Waals surface area contributed by atoms with Crippen LogP contribution < -0.4 is 15.4 Å². The van der Waals surface area contributed by atoms with Crippen LogP contribution in [-0.2, 0) is 4.79 Å². The molecule has 0 saturated heterocycles. The molecule has 0 heterocycles. The van der Waals surface area contributed by atoms with E-state index in [1.807, 2.05) is 25.2 Å². The molecule has 1 aromatic carbocycles. The molecule has 1 unspecified atom stereocenters. The van der Waals surface area contributed by atoms with Gasteiger partial charge in [-0.15, -0.1) is 0 Å². The van der Waals surface area contributed by atoms with Crippen molar-refractivity contribution in [2.24, 2.45) is 0 Å². The van der Waals surface area contributed by atoms with E-state index in [9.17, 15) is 4.79 Å². The van der Waals surface area contributed by atoms with Crippen LogP contribution in [0.2, 0.25) is 0 Å². The van der Waals surface area contributed by atoms with Crippen molar-refractivity contribution in [2.75, 3.05) is 13.7 Å². The molecule has 0 aliphatic carbocycles. The molecule has 0 fully saturated rings. The molecule has 0 aliphatic heterocycles. The fourth-order valence-electron chi connectivity index (χ4n) is 2.05. The van der Waals surface area contributed by atoms with Crippen LogP contribution in [0, 0.1) is 0 Å². The first-order valence-electron chi connectivity index (χ1n) is 7.40. The first kappa shape index (κ1) is 18.0. The molecule has 4 nitrogen and oxygen atoms in total. The van der Waals surface area contributed by atoms with E-state index in [1.165, 1.54) is 0 Å². The Bertz CT molecular complexity index is 462. The highest BCUT2D eigenvalue weighted by Gasteiger charge is 2.13. The topological polar surface area (TPSA) is 50.4 Å². The zero-order valence-corrected chi connectivity index (χ0v) is 14.8. The normalized spacial score (nSPS) is 12.3. The van der Waals surface area contributed by atoms with E-state index < -0.39 is 0 Å². The number of rotatable bonds is 8. The molecule has 2 N–H and O–H groups in total. The van der Waals surface area contributed by atoms with Crippen molar-refractivity contribution < 1.29 is 9.53 Å². The number of benzene rings is 1. The van der Waals surface area contributed by atoms with Crippen molar-refractivity contribution in [2.45, 2.75) is 45.7 Å². The predicted molar refractivity (Wildman–Crippen MR) is 89.6 cm³/mol. The fraction of sp³-hybridized carbons (Fsp3) is 0.562. The number of hydrogen-bond acceptors (Lipinski definition) is 3. The molecular weight excluding hydrogens is 332 g/mol. The Morgan fingerprint density at radius 3 is 2.57 bits per heavy atom. The maximum Gasteiger partial charge on any atom is 0.258 e. The number of carbonyl (C=O) groups excluding carboxylic acids is 1. The molecule has 1 amide bonds. The van der Waals surface area contributed by atoms with Gasteiger partial charge in [-0.1, -0.05) is 29.8 Å². The minimum Gasteiger partial charge on any atom is -0.483 e. The molecular formula is C16H25BrN2O2. The summed E-state index contributed by atoms with van der Waals surface area (Å²) in [5, 5.41) is 6.16. The molecule has 118 valence electrons. The van der Waals surface area contributed by atoms with Crippen LogP contribution in [-0.4, -0.2) is 25.6 Å². The van der Waals surface area contributed by atoms with Crippen LogP contribution in [0.15, 0.2) is 22.7 Å². The summed E-state index contributed by atoms with van der Waals surface area (Å²) < 4.78 is 6.69. The third-order valence-electron chi connectivity index (χ3n) is 3.58. The zero-order valence-electron chi connectivity index (χ0n) is 13.2. The molecule has 0 saturated carbocycles. The highest BCUT2D eigenvalue weighted by atomic mass is 79.9. The van der Waals surface area contributed by atoms with E-state index in [0.717, 1.165) is 28.6 Å². The molecule has 1 rings (SSSR count). The van der Waals surface area contributed by atoms with Gasteiger partial charge in [-0.05, 0) is 45.0 Å². The van der Waals surface area contributed by atoms with Gasteiger partial charge in [-0.2, -0.15) is 0 Å². The third kappa shape index (κ3) is 5.67. The number of amides is 1. The van der Waals surface area contributed by atoms with E-state index in [2.05, 4.69) is 47.3 Å². The smallest absolute Gasteiger partial charge is 0.258 e. The van der Waals surface area contributed by atoms with Gasteiger partial charge < -0.3 is 15.4 Å². The standard InChI is InChI=1S/C16H25BrN2O2/c1-5-13(6-2)19-16(20)10-21-15-8-7-12(17)9-14(15)11(3)18-4/h7-9,11,13,18H,5-6,10H2,1-4H3,(H,19,20). The molecule has 1 aromatic rings. The van der Waals surface area contributed by atoms with Gasteiger partial charge in [0, 0.05) is 22.1 Å². The van der Waals surface area contributed by atoms with Crippen molar-refractivity contribution in [3.8, 4) is 5.75 Å². The minimum absolute atomic E-state index is 0.0432. The quantitative estimate of drug-likeness (QED) is 0.750. The minimum atomic E-state index is -0.0744. The summed E-state index contributed by atoms with van der Waals surface area (Å²) in [6, 6.07) is 6.19. The Morgan fingerprint density at radius 2 is 2.00 bits per heavy atom. The first-order chi connectivity index (χ1) is 10.0. The van der Waals surface area contributed by atoms with Gasteiger partial charge in [0.25, 0.3) is 5.91 Å². The molecule has 0 aliphatic rings. The highest BCUT2D eigenvalue weighted by molar-refractivity contribution is 9.10. The van der Waals surface area contributed by atoms with Crippen molar-refractivity contribution in [1.29, 1.82) is 0 Å². The largest absolute Gasteiger partial charge is 0.483 e. The van der Waals surface area contributed by atoms with E-state index >= 15 is 0 Å². The molecule has 0 bridgehead atoms. The van der Waals surface area contributed by atoms with Crippen LogP contribution in [0.4, 0.5) is 0 Å². The molecule has 0 radical (unpaired) electrons. The van der Waals surface area contributed by atoms with E-state index in [1.54, 1.807) is 0 Å². The van der Waals surface area contributed by atoms with Crippen LogP contribution in [0.1, 0.15) is 45.2 Å². The van der Waals surface area contributed by atoms with Crippen molar-refractivity contribution in [3.05, 3.63) is 28.2 Å². The summed E-state index contributed by atoms with van der Waals surface area (Å²) >= 11 is 3.46. The summed E-state index contributed by atoms with van der Waals surface area (Å²) in [6.07, 6.45) is 1.87. The number of carbonyl (C=O) groups is 1. The van der Waals surface area contributed by atoms with Gasteiger partial charge in [0.15, 0.2) is 6.61 Å². The molecule has 0 aromatic heterocycles. The van der Waals surface area contributed by atoms with E-state index in [4.69, 9.17) is 4.74 Å². The van der Waals surface area contributed by atoms with Gasteiger partial charge in [-0.3, -0.25) is 4.79 Å². The summed E-state index contributed by atoms with van der Waals surface area (Å²) in [7, 11) is 1.90. The van der Waals surface area contributed by atoms with Gasteiger partial charge >= 0.3 is 0 Å². The Morgan fingerprint density at radius 1 is 1.33 bits per heavy atom. The van der Waals surface area contributed by atoms with Crippen LogP contribution >= 0.6 is 15.9 Å². The molecule has 21 heavy (non-hydrogen) atoms. The predicted octanol–water partition coefficient (Wildman–Crippen LogP) is 3.41. The summed E-state index contributed by atoms with van der Waals surface area (Å²) in [4.78, 5) is 11.9. The lowest BCUT2D eigenvalue weighted by atomic mass is 10.1. The molecule has 0 spiro atoms. The lowest BCUT2D eigenvalue weighted by Crippen LogP contribution is -2.37. The second-order valence-corrected chi connectivity index (χ2v) is 5.98. The Kier molecular flexibility index (Phi) is 7.75. The average Bonchev–Trinajstić information content (AvgIpc) is 2.50. The lowest BCUT2D eigenvalue weighted by molar-refractivity contribution is -0.123. The van der Waals surface area contributed by atoms with Crippen molar-refractivity contribution in [1.82, 2.24) is 10.6 Å². The fourth-order valence-corrected chi connectivity index (χ4v) is 2.43. The zero-order chi connectivity index (χ0) is 15.8. The Labute approximate surface area is 135 Å². The summed E-state index contributed by atoms with van der Waals surface area (Å²) in [5.41, 5.74) is 1.03. The average molecular weight is 357 g/mol. The van der Waals surface area contributed by atoms with Gasteiger partial charge in [0.2, 0.25) is 0 Å². The second-order valence-electron chi connectivity index (χ2n) is 5.06. The summed E-state index contributed by atoms with van der Waals surface area (Å²) in [6.45, 7) is 6.23. The maximum absolute atomic E-state index is 11.9. The number of hydrogen-bond donors (Lipinski definition) is 2. The summed E-state index contributed by atoms with van der Waals surface area (Å²) in [5.74, 6) is 0.662. The van der Waals surface area contributed by atoms with Crippen molar-refractivity contribution >= 4 is 21.8 Å². The number of ether oxygens (including phenoxy) is 1. The van der Waals surface area contributed by atoms with E-state index in [-0.39, 0.29) is 24.6 Å². The number of halogens is 1. The van der Waals surface area contributed by atoms with Crippen molar-refractivity contribution in [3.63, 3.8) is 0 Å². The Balaban J connectivity index is 2.68. The number of nitrogens with one attached hydrogen (secondary N) is 2. The van der Waals surface area contributed by atoms with Gasteiger partial charge in [-0.25, -0.2) is 0 Å². The van der Waals surface area contributed by atoms with Gasteiger partial charge in [0.05, 0.1) is 0 Å². The van der Waals surface area contributed by atoms with Gasteiger partial charge in [0.1, 0.15) is 5.75 Å². The molecule has 5 heteroatoms. The van der Waals surface area contributed by atoms with E-state index in [0.29, 0.717) is 0 Å².